The van der Waals surface area contributed by atoms with Crippen molar-refractivity contribution in [2.24, 2.45) is 0 Å². The molecule has 0 saturated heterocycles. The van der Waals surface area contributed by atoms with Crippen LogP contribution in [0.5, 0.6) is 0 Å². The highest BCUT2D eigenvalue weighted by atomic mass is 16.7. The van der Waals surface area contributed by atoms with Crippen molar-refractivity contribution in [3.8, 4) is 0 Å². The lowest BCUT2D eigenvalue weighted by molar-refractivity contribution is -0.170. The van der Waals surface area contributed by atoms with Crippen molar-refractivity contribution in [2.75, 3.05) is 14.2 Å². The summed E-state index contributed by atoms with van der Waals surface area (Å²) in [5.74, 6) is -0.817. The minimum absolute atomic E-state index is 0.157. The first-order valence-corrected chi connectivity index (χ1v) is 7.09. The number of hydroxylamine groups is 2. The predicted molar refractivity (Wildman–Crippen MR) is 86.1 cm³/mol. The van der Waals surface area contributed by atoms with E-state index < -0.39 is 5.92 Å². The summed E-state index contributed by atoms with van der Waals surface area (Å²) in [6.07, 6.45) is 3.48. The predicted octanol–water partition coefficient (Wildman–Crippen LogP) is 3.15. The number of rotatable bonds is 6. The fourth-order valence-corrected chi connectivity index (χ4v) is 2.45. The number of hydrogen-bond donors (Lipinski definition) is 0. The van der Waals surface area contributed by atoms with E-state index in [1.54, 1.807) is 19.3 Å². The molecule has 2 rings (SSSR count). The van der Waals surface area contributed by atoms with Crippen LogP contribution in [0.25, 0.3) is 0 Å². The van der Waals surface area contributed by atoms with Crippen LogP contribution < -0.4 is 0 Å². The molecule has 0 saturated carbocycles. The molecule has 4 heteroatoms. The van der Waals surface area contributed by atoms with Gasteiger partial charge in [0.05, 0.1) is 18.7 Å². The van der Waals surface area contributed by atoms with Crippen molar-refractivity contribution in [1.29, 1.82) is 0 Å². The van der Waals surface area contributed by atoms with Gasteiger partial charge in [0, 0.05) is 19.2 Å². The Bertz CT molecular complexity index is 613. The van der Waals surface area contributed by atoms with Gasteiger partial charge in [-0.2, -0.15) is 0 Å². The summed E-state index contributed by atoms with van der Waals surface area (Å²) in [5.41, 5.74) is 1.72. The highest BCUT2D eigenvalue weighted by Gasteiger charge is 2.32. The number of carbonyl (C=O) groups is 1. The topological polar surface area (TPSA) is 42.4 Å². The second-order valence-corrected chi connectivity index (χ2v) is 4.92. The Morgan fingerprint density at radius 3 is 2.45 bits per heavy atom. The molecule has 0 unspecified atom stereocenters. The van der Waals surface area contributed by atoms with E-state index in [9.17, 15) is 4.79 Å². The van der Waals surface area contributed by atoms with Crippen molar-refractivity contribution in [2.45, 2.75) is 11.8 Å². The average Bonchev–Trinajstić information content (AvgIpc) is 2.59. The summed E-state index contributed by atoms with van der Waals surface area (Å²) in [6.45, 7) is 3.91. The molecule has 1 amide bonds. The number of hydrogen-bond acceptors (Lipinski definition) is 3. The van der Waals surface area contributed by atoms with Crippen LogP contribution in [0.2, 0.25) is 0 Å². The van der Waals surface area contributed by atoms with Crippen LogP contribution in [0, 0.1) is 0 Å². The van der Waals surface area contributed by atoms with Gasteiger partial charge < -0.3 is 0 Å². The van der Waals surface area contributed by atoms with Crippen LogP contribution in [0.3, 0.4) is 0 Å². The number of allylic oxidation sites excluding steroid dienone is 1. The molecule has 0 aliphatic rings. The quantitative estimate of drug-likeness (QED) is 0.607. The summed E-state index contributed by atoms with van der Waals surface area (Å²) in [4.78, 5) is 22.2. The molecule has 0 fully saturated rings. The maximum Gasteiger partial charge on any atom is 0.255 e. The number of benzene rings is 1. The molecule has 2 aromatic rings. The van der Waals surface area contributed by atoms with Crippen LogP contribution in [-0.2, 0) is 9.63 Å². The molecule has 4 nitrogen and oxygen atoms in total. The van der Waals surface area contributed by atoms with Crippen LogP contribution in [-0.4, -0.2) is 30.1 Å². The Kier molecular flexibility index (Phi) is 5.44. The van der Waals surface area contributed by atoms with E-state index in [-0.39, 0.29) is 11.8 Å². The minimum Gasteiger partial charge on any atom is -0.275 e. The van der Waals surface area contributed by atoms with E-state index in [1.807, 2.05) is 48.5 Å². The van der Waals surface area contributed by atoms with Gasteiger partial charge in [-0.25, -0.2) is 5.06 Å². The van der Waals surface area contributed by atoms with Gasteiger partial charge in [-0.15, -0.1) is 6.58 Å². The number of nitrogens with zero attached hydrogens (tertiary/aromatic N) is 2. The van der Waals surface area contributed by atoms with Crippen molar-refractivity contribution < 1.29 is 9.63 Å². The molecule has 2 atom stereocenters. The third-order valence-electron chi connectivity index (χ3n) is 3.65. The van der Waals surface area contributed by atoms with E-state index >= 15 is 0 Å². The van der Waals surface area contributed by atoms with Gasteiger partial charge in [0.1, 0.15) is 0 Å². The van der Waals surface area contributed by atoms with Crippen LogP contribution in [0.4, 0.5) is 0 Å². The first kappa shape index (κ1) is 15.9. The number of likely N-dealkylation sites (N-methyl/N-ethyl adjacent to an activating group) is 1. The molecule has 0 bridgehead atoms. The van der Waals surface area contributed by atoms with E-state index in [1.165, 1.54) is 12.2 Å². The van der Waals surface area contributed by atoms with E-state index in [4.69, 9.17) is 4.84 Å². The average molecular weight is 296 g/mol. The molecule has 114 valence electrons. The summed E-state index contributed by atoms with van der Waals surface area (Å²) in [5, 5.41) is 1.23. The normalized spacial score (nSPS) is 13.2. The number of aromatic nitrogens is 1. The maximum atomic E-state index is 12.8. The van der Waals surface area contributed by atoms with Crippen LogP contribution >= 0.6 is 0 Å². The Morgan fingerprint density at radius 1 is 1.23 bits per heavy atom. The molecule has 1 aromatic carbocycles. The lowest BCUT2D eigenvalue weighted by Gasteiger charge is -2.27. The molecule has 1 heterocycles. The number of pyridine rings is 1. The van der Waals surface area contributed by atoms with Gasteiger partial charge in [0.25, 0.3) is 5.91 Å². The lowest BCUT2D eigenvalue weighted by atomic mass is 9.83. The third-order valence-corrected chi connectivity index (χ3v) is 3.65. The Hall–Kier alpha value is -2.46. The zero-order chi connectivity index (χ0) is 15.9. The van der Waals surface area contributed by atoms with E-state index in [0.29, 0.717) is 5.69 Å². The first-order valence-electron chi connectivity index (χ1n) is 7.09. The SMILES string of the molecule is C=C[C@H](c1ccccc1)[C@@H](C(=O)N(C)OC)c1ccccn1. The smallest absolute Gasteiger partial charge is 0.255 e. The second-order valence-electron chi connectivity index (χ2n) is 4.92. The lowest BCUT2D eigenvalue weighted by Crippen LogP contribution is -2.34. The second kappa shape index (κ2) is 7.52. The monoisotopic (exact) mass is 296 g/mol. The summed E-state index contributed by atoms with van der Waals surface area (Å²) >= 11 is 0. The fourth-order valence-electron chi connectivity index (χ4n) is 2.45. The molecule has 0 spiro atoms. The first-order chi connectivity index (χ1) is 10.7. The van der Waals surface area contributed by atoms with Crippen molar-refractivity contribution >= 4 is 5.91 Å². The van der Waals surface area contributed by atoms with Gasteiger partial charge in [0.2, 0.25) is 0 Å². The Labute approximate surface area is 131 Å². The fraction of sp³-hybridized carbons (Fsp3) is 0.222. The van der Waals surface area contributed by atoms with Crippen LogP contribution in [0.1, 0.15) is 23.1 Å². The number of carbonyl (C=O) groups excluding carboxylic acids is 1. The molecule has 0 aliphatic carbocycles. The molecule has 0 aliphatic heterocycles. The molecule has 0 N–H and O–H groups in total. The van der Waals surface area contributed by atoms with Crippen molar-refractivity contribution in [3.63, 3.8) is 0 Å². The van der Waals surface area contributed by atoms with E-state index in [0.717, 1.165) is 5.56 Å². The van der Waals surface area contributed by atoms with Gasteiger partial charge in [0.15, 0.2) is 0 Å². The van der Waals surface area contributed by atoms with E-state index in [2.05, 4.69) is 11.6 Å². The minimum atomic E-state index is -0.481. The number of amides is 1. The highest BCUT2D eigenvalue weighted by molar-refractivity contribution is 5.83. The molecule has 0 radical (unpaired) electrons. The standard InChI is InChI=1S/C18H20N2O2/c1-4-15(14-10-6-5-7-11-14)17(18(21)20(2)22-3)16-12-8-9-13-19-16/h4-13,15,17H,1H2,2-3H3/t15-,17-/m1/s1. The molecule has 22 heavy (non-hydrogen) atoms. The highest BCUT2D eigenvalue weighted by Crippen LogP contribution is 2.34. The third kappa shape index (κ3) is 3.40. The van der Waals surface area contributed by atoms with Crippen molar-refractivity contribution in [1.82, 2.24) is 10.0 Å². The van der Waals surface area contributed by atoms with Gasteiger partial charge in [-0.1, -0.05) is 42.5 Å². The Balaban J connectivity index is 2.47. The van der Waals surface area contributed by atoms with Crippen LogP contribution in [0.15, 0.2) is 67.4 Å². The zero-order valence-corrected chi connectivity index (χ0v) is 12.8. The summed E-state index contributed by atoms with van der Waals surface area (Å²) < 4.78 is 0. The van der Waals surface area contributed by atoms with Crippen molar-refractivity contribution in [3.05, 3.63) is 78.6 Å². The molecule has 1 aromatic heterocycles. The maximum absolute atomic E-state index is 12.8. The van der Waals surface area contributed by atoms with Gasteiger partial charge in [-0.05, 0) is 17.7 Å². The molecular formula is C18H20N2O2. The van der Waals surface area contributed by atoms with Gasteiger partial charge in [-0.3, -0.25) is 14.6 Å². The summed E-state index contributed by atoms with van der Waals surface area (Å²) in [6, 6.07) is 15.4. The summed E-state index contributed by atoms with van der Waals surface area (Å²) in [7, 11) is 3.07. The Morgan fingerprint density at radius 2 is 1.91 bits per heavy atom. The zero-order valence-electron chi connectivity index (χ0n) is 12.8. The largest absolute Gasteiger partial charge is 0.275 e. The van der Waals surface area contributed by atoms with Gasteiger partial charge >= 0.3 is 0 Å². The molecular weight excluding hydrogens is 276 g/mol.